The van der Waals surface area contributed by atoms with Crippen molar-refractivity contribution < 1.29 is 37.3 Å². The molecule has 0 unspecified atom stereocenters. The zero-order chi connectivity index (χ0) is 24.3. The van der Waals surface area contributed by atoms with Crippen molar-refractivity contribution in [1.29, 1.82) is 0 Å². The Morgan fingerprint density at radius 1 is 1.09 bits per heavy atom. The number of ether oxygens (including phenoxy) is 2. The normalized spacial score (nSPS) is 13.0. The van der Waals surface area contributed by atoms with Gasteiger partial charge in [0.25, 0.3) is 11.5 Å². The Labute approximate surface area is 195 Å². The molecule has 32 heavy (non-hydrogen) atoms. The summed E-state index contributed by atoms with van der Waals surface area (Å²) in [6, 6.07) is 6.87. The smallest absolute Gasteiger partial charge is 0.432 e. The Kier molecular flexibility index (Phi) is 7.94. The molecular weight excluding hydrogens is 496 g/mol. The fourth-order valence-corrected chi connectivity index (χ4v) is 3.26. The highest BCUT2D eigenvalue weighted by Gasteiger charge is 2.62. The second kappa shape index (κ2) is 9.90. The number of nitrogens with one attached hydrogen (secondary N) is 2. The Bertz CT molecular complexity index is 1070. The van der Waals surface area contributed by atoms with Gasteiger partial charge >= 0.3 is 12.1 Å². The van der Waals surface area contributed by atoms with E-state index in [1.54, 1.807) is 0 Å². The van der Waals surface area contributed by atoms with Crippen LogP contribution in [0.3, 0.4) is 0 Å². The molecule has 2 aromatic rings. The topological polar surface area (TPSA) is 96.9 Å². The van der Waals surface area contributed by atoms with Crippen LogP contribution in [0.1, 0.15) is 15.9 Å². The first kappa shape index (κ1) is 25.7. The third kappa shape index (κ3) is 5.23. The van der Waals surface area contributed by atoms with E-state index in [0.717, 1.165) is 25.3 Å². The predicted molar refractivity (Wildman–Crippen MR) is 115 cm³/mol. The highest BCUT2D eigenvalue weighted by Crippen LogP contribution is 2.42. The Morgan fingerprint density at radius 2 is 1.75 bits per heavy atom. The van der Waals surface area contributed by atoms with Crippen molar-refractivity contribution in [2.75, 3.05) is 19.5 Å². The molecule has 0 saturated carbocycles. The largest absolute Gasteiger partial charge is 0.495 e. The number of carbonyl (C=O) groups is 2. The monoisotopic (exact) mass is 510 g/mol. The molecule has 0 radical (unpaired) electrons. The van der Waals surface area contributed by atoms with Gasteiger partial charge in [-0.05, 0) is 42.5 Å². The van der Waals surface area contributed by atoms with Crippen LogP contribution in [0.25, 0.3) is 0 Å². The van der Waals surface area contributed by atoms with Crippen LogP contribution in [0.4, 0.5) is 18.9 Å². The van der Waals surface area contributed by atoms with Crippen LogP contribution < -0.4 is 15.4 Å². The summed E-state index contributed by atoms with van der Waals surface area (Å²) in [6.07, 6.45) is -5.37. The summed E-state index contributed by atoms with van der Waals surface area (Å²) in [5, 5.41) is 15.2. The van der Waals surface area contributed by atoms with Gasteiger partial charge in [0, 0.05) is 10.6 Å². The molecule has 172 valence electrons. The van der Waals surface area contributed by atoms with Crippen molar-refractivity contribution in [3.63, 3.8) is 0 Å². The molecule has 0 heterocycles. The number of alkyl halides is 3. The number of hydrogen-bond donors (Lipinski definition) is 3. The van der Waals surface area contributed by atoms with Gasteiger partial charge < -0.3 is 19.9 Å². The van der Waals surface area contributed by atoms with Crippen LogP contribution in [0.2, 0.25) is 10.0 Å². The van der Waals surface area contributed by atoms with Gasteiger partial charge in [-0.15, -0.1) is 0 Å². The van der Waals surface area contributed by atoms with Crippen LogP contribution in [0.5, 0.6) is 5.75 Å². The number of thiocarbonyl (C=S) groups is 1. The highest BCUT2D eigenvalue weighted by atomic mass is 35.5. The average molecular weight is 511 g/mol. The summed E-state index contributed by atoms with van der Waals surface area (Å²) < 4.78 is 49.5. The standard InChI is InChI=1S/C19H15Cl2F3N2O5S/c1-30-14-7-9(18(29,16(28)31-2)19(22,23)24)3-6-13(14)25-17(32)26-15(27)11-5-4-10(20)8-12(11)21/h3-8,29H,1-2H3,(H2,25,26,27,32)/t18-/m0/s1. The lowest BCUT2D eigenvalue weighted by molar-refractivity contribution is -0.266. The Hall–Kier alpha value is -2.60. The molecule has 1 atom stereocenters. The zero-order valence-electron chi connectivity index (χ0n) is 16.3. The molecule has 2 rings (SSSR count). The summed E-state index contributed by atoms with van der Waals surface area (Å²) in [7, 11) is 1.85. The van der Waals surface area contributed by atoms with Gasteiger partial charge in [0.05, 0.1) is 30.5 Å². The minimum atomic E-state index is -5.37. The van der Waals surface area contributed by atoms with Crippen LogP contribution in [-0.2, 0) is 15.1 Å². The lowest BCUT2D eigenvalue weighted by Crippen LogP contribution is -2.49. The van der Waals surface area contributed by atoms with E-state index in [-0.39, 0.29) is 27.1 Å². The van der Waals surface area contributed by atoms with E-state index in [1.807, 2.05) is 0 Å². The first-order valence-electron chi connectivity index (χ1n) is 8.48. The molecule has 0 saturated heterocycles. The van der Waals surface area contributed by atoms with Crippen LogP contribution in [0, 0.1) is 0 Å². The van der Waals surface area contributed by atoms with Gasteiger partial charge in [-0.3, -0.25) is 10.1 Å². The number of hydrogen-bond acceptors (Lipinski definition) is 6. The first-order chi connectivity index (χ1) is 14.8. The number of esters is 1. The quantitative estimate of drug-likeness (QED) is 0.412. The number of aliphatic hydroxyl groups is 1. The number of benzene rings is 2. The molecule has 7 nitrogen and oxygen atoms in total. The molecule has 2 aromatic carbocycles. The number of halogens is 5. The van der Waals surface area contributed by atoms with Crippen molar-refractivity contribution in [3.8, 4) is 5.75 Å². The molecule has 3 N–H and O–H groups in total. The summed E-state index contributed by atoms with van der Waals surface area (Å²) in [5.41, 5.74) is -4.65. The average Bonchev–Trinajstić information content (AvgIpc) is 2.71. The molecule has 0 spiro atoms. The molecule has 0 fully saturated rings. The number of methoxy groups -OCH3 is 2. The molecule has 0 bridgehead atoms. The number of rotatable bonds is 5. The highest BCUT2D eigenvalue weighted by molar-refractivity contribution is 7.80. The van der Waals surface area contributed by atoms with E-state index in [2.05, 4.69) is 15.4 Å². The van der Waals surface area contributed by atoms with Gasteiger partial charge in [0.2, 0.25) is 0 Å². The van der Waals surface area contributed by atoms with Gasteiger partial charge in [-0.25, -0.2) is 4.79 Å². The number of anilines is 1. The molecule has 0 aliphatic carbocycles. The molecule has 0 aliphatic heterocycles. The van der Waals surface area contributed by atoms with Crippen molar-refractivity contribution in [3.05, 3.63) is 57.6 Å². The second-order valence-corrected chi connectivity index (χ2v) is 7.40. The zero-order valence-corrected chi connectivity index (χ0v) is 18.7. The molecule has 13 heteroatoms. The van der Waals surface area contributed by atoms with E-state index in [9.17, 15) is 27.9 Å². The van der Waals surface area contributed by atoms with E-state index < -0.39 is 29.2 Å². The van der Waals surface area contributed by atoms with E-state index >= 15 is 0 Å². The summed E-state index contributed by atoms with van der Waals surface area (Å²) in [5.74, 6) is -2.80. The van der Waals surface area contributed by atoms with Gasteiger partial charge in [-0.1, -0.05) is 29.3 Å². The van der Waals surface area contributed by atoms with Gasteiger partial charge in [0.1, 0.15) is 5.75 Å². The van der Waals surface area contributed by atoms with E-state index in [4.69, 9.17) is 40.2 Å². The van der Waals surface area contributed by atoms with E-state index in [1.165, 1.54) is 18.2 Å². The molecular formula is C19H15Cl2F3N2O5S. The van der Waals surface area contributed by atoms with E-state index in [0.29, 0.717) is 12.1 Å². The van der Waals surface area contributed by atoms with Crippen molar-refractivity contribution in [2.45, 2.75) is 11.8 Å². The second-order valence-electron chi connectivity index (χ2n) is 6.15. The third-order valence-corrected chi connectivity index (χ3v) is 4.91. The lowest BCUT2D eigenvalue weighted by Gasteiger charge is -2.28. The Balaban J connectivity index is 2.29. The summed E-state index contributed by atoms with van der Waals surface area (Å²) in [4.78, 5) is 24.0. The fourth-order valence-electron chi connectivity index (χ4n) is 2.56. The lowest BCUT2D eigenvalue weighted by atomic mass is 9.92. The van der Waals surface area contributed by atoms with Gasteiger partial charge in [0.15, 0.2) is 5.11 Å². The SMILES string of the molecule is COC(=O)[C@@](O)(c1ccc(NC(=S)NC(=O)c2ccc(Cl)cc2Cl)c(OC)c1)C(F)(F)F. The fraction of sp³-hybridized carbons (Fsp3) is 0.211. The van der Waals surface area contributed by atoms with Crippen LogP contribution in [0.15, 0.2) is 36.4 Å². The van der Waals surface area contributed by atoms with Crippen molar-refractivity contribution in [2.24, 2.45) is 0 Å². The summed E-state index contributed by atoms with van der Waals surface area (Å²) in [6.45, 7) is 0. The van der Waals surface area contributed by atoms with Crippen LogP contribution in [-0.4, -0.2) is 42.5 Å². The maximum atomic E-state index is 13.4. The van der Waals surface area contributed by atoms with Crippen molar-refractivity contribution >= 4 is 58.1 Å². The number of carbonyl (C=O) groups excluding carboxylic acids is 2. The first-order valence-corrected chi connectivity index (χ1v) is 9.65. The summed E-state index contributed by atoms with van der Waals surface area (Å²) >= 11 is 16.8. The predicted octanol–water partition coefficient (Wildman–Crippen LogP) is 4.05. The number of amides is 1. The maximum Gasteiger partial charge on any atom is 0.432 e. The molecule has 0 aliphatic rings. The molecule has 0 aromatic heterocycles. The van der Waals surface area contributed by atoms with Gasteiger partial charge in [-0.2, -0.15) is 13.2 Å². The maximum absolute atomic E-state index is 13.4. The Morgan fingerprint density at radius 3 is 2.28 bits per heavy atom. The minimum absolute atomic E-state index is 0.0399. The molecule has 1 amide bonds. The third-order valence-electron chi connectivity index (χ3n) is 4.16. The van der Waals surface area contributed by atoms with Crippen LogP contribution >= 0.6 is 35.4 Å². The minimum Gasteiger partial charge on any atom is -0.495 e. The van der Waals surface area contributed by atoms with Crippen molar-refractivity contribution in [1.82, 2.24) is 5.32 Å².